The molecular weight excluding hydrogens is 466 g/mol. The number of hydrogen-bond donors (Lipinski definition) is 1. The molecule has 0 bridgehead atoms. The van der Waals surface area contributed by atoms with Crippen LogP contribution in [-0.4, -0.2) is 16.0 Å². The fourth-order valence-corrected chi connectivity index (χ4v) is 4.14. The van der Waals surface area contributed by atoms with Crippen molar-refractivity contribution in [3.05, 3.63) is 121 Å². The first-order chi connectivity index (χ1) is 17.0. The minimum atomic E-state index is -1.20. The molecule has 4 aromatic rings. The van der Waals surface area contributed by atoms with Crippen molar-refractivity contribution in [2.75, 3.05) is 0 Å². The first-order valence-corrected chi connectivity index (χ1v) is 11.5. The van der Waals surface area contributed by atoms with Crippen LogP contribution < -0.4 is 9.47 Å². The van der Waals surface area contributed by atoms with Crippen LogP contribution in [0, 0.1) is 10.1 Å². The standard InChI is InChI=1S/C27H21NO6S/c29-27(30)26-16-23(28(31)32)25(35-26)14-12-21-11-13-22(33-17-19-7-3-1-4-8-19)15-24(21)34-18-20-9-5-2-6-10-20/h1-16H,17-18H2,(H,29,30)/b14-12+. The smallest absolute Gasteiger partial charge is 0.346 e. The van der Waals surface area contributed by atoms with E-state index in [0.717, 1.165) is 28.5 Å². The van der Waals surface area contributed by atoms with E-state index in [1.54, 1.807) is 24.3 Å². The molecule has 35 heavy (non-hydrogen) atoms. The van der Waals surface area contributed by atoms with Crippen molar-refractivity contribution in [2.45, 2.75) is 13.2 Å². The molecule has 4 rings (SSSR count). The number of rotatable bonds is 10. The normalized spacial score (nSPS) is 10.9. The molecule has 0 saturated carbocycles. The van der Waals surface area contributed by atoms with Gasteiger partial charge in [0, 0.05) is 17.7 Å². The van der Waals surface area contributed by atoms with Crippen LogP contribution in [0.1, 0.15) is 31.2 Å². The second-order valence-corrected chi connectivity index (χ2v) is 8.59. The van der Waals surface area contributed by atoms with Crippen LogP contribution >= 0.6 is 11.3 Å². The Labute approximate surface area is 205 Å². The molecule has 0 saturated heterocycles. The van der Waals surface area contributed by atoms with Crippen molar-refractivity contribution in [1.29, 1.82) is 0 Å². The van der Waals surface area contributed by atoms with Gasteiger partial charge in [-0.05, 0) is 35.4 Å². The molecule has 0 fully saturated rings. The monoisotopic (exact) mass is 487 g/mol. The molecule has 0 spiro atoms. The summed E-state index contributed by atoms with van der Waals surface area (Å²) >= 11 is 0.847. The van der Waals surface area contributed by atoms with Crippen LogP contribution in [0.5, 0.6) is 11.5 Å². The Morgan fingerprint density at radius 1 is 0.886 bits per heavy atom. The van der Waals surface area contributed by atoms with Gasteiger partial charge in [-0.1, -0.05) is 60.7 Å². The van der Waals surface area contributed by atoms with Crippen LogP contribution in [-0.2, 0) is 13.2 Å². The predicted octanol–water partition coefficient (Wildman–Crippen LogP) is 6.68. The van der Waals surface area contributed by atoms with Crippen molar-refractivity contribution >= 4 is 35.1 Å². The second-order valence-electron chi connectivity index (χ2n) is 7.50. The quantitative estimate of drug-likeness (QED) is 0.198. The average Bonchev–Trinajstić information content (AvgIpc) is 3.32. The maximum Gasteiger partial charge on any atom is 0.346 e. The van der Waals surface area contributed by atoms with Crippen molar-refractivity contribution in [1.82, 2.24) is 0 Å². The summed E-state index contributed by atoms with van der Waals surface area (Å²) < 4.78 is 12.0. The molecule has 0 aliphatic heterocycles. The molecule has 1 aromatic heterocycles. The maximum absolute atomic E-state index is 11.4. The van der Waals surface area contributed by atoms with E-state index in [1.165, 1.54) is 6.08 Å². The molecule has 0 aliphatic rings. The Morgan fingerprint density at radius 3 is 2.11 bits per heavy atom. The summed E-state index contributed by atoms with van der Waals surface area (Å²) in [6, 6.07) is 25.9. The molecule has 0 aliphatic carbocycles. The fourth-order valence-electron chi connectivity index (χ4n) is 3.27. The molecule has 3 aromatic carbocycles. The zero-order chi connectivity index (χ0) is 24.6. The number of ether oxygens (including phenoxy) is 2. The van der Waals surface area contributed by atoms with Crippen molar-refractivity contribution in [3.8, 4) is 11.5 Å². The second kappa shape index (κ2) is 11.1. The van der Waals surface area contributed by atoms with Gasteiger partial charge < -0.3 is 14.6 Å². The van der Waals surface area contributed by atoms with Gasteiger partial charge in [-0.25, -0.2) is 4.79 Å². The maximum atomic E-state index is 11.4. The lowest BCUT2D eigenvalue weighted by molar-refractivity contribution is -0.384. The highest BCUT2D eigenvalue weighted by atomic mass is 32.1. The number of nitro groups is 1. The van der Waals surface area contributed by atoms with Gasteiger partial charge in [0.05, 0.1) is 4.92 Å². The van der Waals surface area contributed by atoms with Gasteiger partial charge in [0.15, 0.2) is 0 Å². The predicted molar refractivity (Wildman–Crippen MR) is 135 cm³/mol. The summed E-state index contributed by atoms with van der Waals surface area (Å²) in [7, 11) is 0. The van der Waals surface area contributed by atoms with Crippen LogP contribution in [0.2, 0.25) is 0 Å². The number of nitrogens with zero attached hydrogens (tertiary/aromatic N) is 1. The largest absolute Gasteiger partial charge is 0.489 e. The molecule has 176 valence electrons. The molecule has 8 heteroatoms. The summed E-state index contributed by atoms with van der Waals surface area (Å²) in [5.41, 5.74) is 2.44. The van der Waals surface area contributed by atoms with E-state index in [9.17, 15) is 20.0 Å². The van der Waals surface area contributed by atoms with E-state index in [2.05, 4.69) is 0 Å². The highest BCUT2D eigenvalue weighted by Gasteiger charge is 2.20. The van der Waals surface area contributed by atoms with Crippen LogP contribution in [0.15, 0.2) is 84.9 Å². The molecule has 1 heterocycles. The number of carboxylic acid groups (broad SMARTS) is 1. The van der Waals surface area contributed by atoms with Crippen molar-refractivity contribution in [2.24, 2.45) is 0 Å². The molecular formula is C27H21NO6S. The summed E-state index contributed by atoms with van der Waals surface area (Å²) in [4.78, 5) is 22.2. The summed E-state index contributed by atoms with van der Waals surface area (Å²) in [5.74, 6) is -0.0535. The molecule has 1 N–H and O–H groups in total. The molecule has 0 amide bonds. The van der Waals surface area contributed by atoms with Gasteiger partial charge in [0.1, 0.15) is 34.5 Å². The van der Waals surface area contributed by atoms with Gasteiger partial charge in [0.2, 0.25) is 0 Å². The van der Waals surface area contributed by atoms with E-state index < -0.39 is 10.9 Å². The zero-order valence-corrected chi connectivity index (χ0v) is 19.3. The van der Waals surface area contributed by atoms with Gasteiger partial charge in [0.25, 0.3) is 5.69 Å². The first kappa shape index (κ1) is 23.7. The summed E-state index contributed by atoms with van der Waals surface area (Å²) in [5, 5.41) is 20.6. The van der Waals surface area contributed by atoms with Crippen LogP contribution in [0.4, 0.5) is 5.69 Å². The Hall–Kier alpha value is -4.43. The van der Waals surface area contributed by atoms with Gasteiger partial charge >= 0.3 is 5.97 Å². The molecule has 0 radical (unpaired) electrons. The number of benzene rings is 3. The van der Waals surface area contributed by atoms with Gasteiger partial charge in [-0.2, -0.15) is 0 Å². The highest BCUT2D eigenvalue weighted by molar-refractivity contribution is 7.15. The Bertz CT molecular complexity index is 1350. The summed E-state index contributed by atoms with van der Waals surface area (Å²) in [6.45, 7) is 0.722. The summed E-state index contributed by atoms with van der Waals surface area (Å²) in [6.07, 6.45) is 3.20. The topological polar surface area (TPSA) is 98.9 Å². The van der Waals surface area contributed by atoms with Crippen molar-refractivity contribution in [3.63, 3.8) is 0 Å². The number of carboxylic acids is 1. The highest BCUT2D eigenvalue weighted by Crippen LogP contribution is 2.33. The lowest BCUT2D eigenvalue weighted by Gasteiger charge is -2.13. The Morgan fingerprint density at radius 2 is 1.51 bits per heavy atom. The van der Waals surface area contributed by atoms with E-state index in [4.69, 9.17) is 9.47 Å². The fraction of sp³-hybridized carbons (Fsp3) is 0.0741. The van der Waals surface area contributed by atoms with E-state index in [-0.39, 0.29) is 15.4 Å². The minimum Gasteiger partial charge on any atom is -0.489 e. The number of carbonyl (C=O) groups is 1. The van der Waals surface area contributed by atoms with Gasteiger partial charge in [-0.3, -0.25) is 10.1 Å². The van der Waals surface area contributed by atoms with E-state index in [0.29, 0.717) is 30.3 Å². The Kier molecular flexibility index (Phi) is 7.54. The van der Waals surface area contributed by atoms with Gasteiger partial charge in [-0.15, -0.1) is 11.3 Å². The van der Waals surface area contributed by atoms with Crippen LogP contribution in [0.3, 0.4) is 0 Å². The SMILES string of the molecule is O=C(O)c1cc([N+](=O)[O-])c(/C=C/c2ccc(OCc3ccccc3)cc2OCc2ccccc2)s1. The van der Waals surface area contributed by atoms with E-state index in [1.807, 2.05) is 60.7 Å². The average molecular weight is 488 g/mol. The third-order valence-corrected chi connectivity index (χ3v) is 6.11. The third-order valence-electron chi connectivity index (χ3n) is 5.03. The number of aromatic carboxylic acids is 1. The van der Waals surface area contributed by atoms with E-state index >= 15 is 0 Å². The number of thiophene rings is 1. The van der Waals surface area contributed by atoms with Crippen LogP contribution in [0.25, 0.3) is 12.2 Å². The molecule has 7 nitrogen and oxygen atoms in total. The number of hydrogen-bond acceptors (Lipinski definition) is 6. The first-order valence-electron chi connectivity index (χ1n) is 10.7. The minimum absolute atomic E-state index is 0.0958. The zero-order valence-electron chi connectivity index (χ0n) is 18.5. The molecule has 0 unspecified atom stereocenters. The lowest BCUT2D eigenvalue weighted by atomic mass is 10.1. The molecule has 0 atom stereocenters. The van der Waals surface area contributed by atoms with Crippen molar-refractivity contribution < 1.29 is 24.3 Å². The Balaban J connectivity index is 1.60. The third kappa shape index (κ3) is 6.33. The lowest BCUT2D eigenvalue weighted by Crippen LogP contribution is -1.99.